The quantitative estimate of drug-likeness (QED) is 0.459. The Morgan fingerprint density at radius 1 is 1.23 bits per heavy atom. The number of aromatic nitrogens is 3. The summed E-state index contributed by atoms with van der Waals surface area (Å²) < 4.78 is 7.31. The number of fused-ring (bicyclic) bond motifs is 2. The molecule has 6 nitrogen and oxygen atoms in total. The molecule has 0 aliphatic carbocycles. The first kappa shape index (κ1) is 20.1. The number of furan rings is 1. The van der Waals surface area contributed by atoms with Gasteiger partial charge in [0.15, 0.2) is 5.65 Å². The summed E-state index contributed by atoms with van der Waals surface area (Å²) in [7, 11) is 0. The van der Waals surface area contributed by atoms with Gasteiger partial charge in [-0.2, -0.15) is 5.10 Å². The zero-order valence-electron chi connectivity index (χ0n) is 18.1. The van der Waals surface area contributed by atoms with Crippen LogP contribution in [0.3, 0.4) is 0 Å². The topological polar surface area (TPSA) is 80.6 Å². The molecule has 0 bridgehead atoms. The van der Waals surface area contributed by atoms with Crippen LogP contribution in [0.2, 0.25) is 0 Å². The van der Waals surface area contributed by atoms with Crippen molar-refractivity contribution in [2.45, 2.75) is 58.8 Å². The summed E-state index contributed by atoms with van der Waals surface area (Å²) in [4.78, 5) is 17.0. The van der Waals surface area contributed by atoms with E-state index in [-0.39, 0.29) is 5.41 Å². The van der Waals surface area contributed by atoms with Crippen molar-refractivity contribution in [3.63, 3.8) is 0 Å². The van der Waals surface area contributed by atoms with Gasteiger partial charge in [0.1, 0.15) is 5.58 Å². The van der Waals surface area contributed by atoms with Crippen molar-refractivity contribution in [1.82, 2.24) is 14.6 Å². The molecule has 1 N–H and O–H groups in total. The third-order valence-electron chi connectivity index (χ3n) is 5.55. The van der Waals surface area contributed by atoms with Gasteiger partial charge in [-0.3, -0.25) is 4.79 Å². The molecule has 1 aromatic carbocycles. The summed E-state index contributed by atoms with van der Waals surface area (Å²) in [5.74, 6) is -1.49. The van der Waals surface area contributed by atoms with Crippen LogP contribution in [-0.2, 0) is 10.2 Å². The van der Waals surface area contributed by atoms with E-state index in [4.69, 9.17) is 14.5 Å². The molecule has 0 aliphatic rings. The first-order valence-corrected chi connectivity index (χ1v) is 10.3. The van der Waals surface area contributed by atoms with E-state index in [1.165, 1.54) is 0 Å². The average Bonchev–Trinajstić information content (AvgIpc) is 3.30. The van der Waals surface area contributed by atoms with Gasteiger partial charge >= 0.3 is 5.97 Å². The largest absolute Gasteiger partial charge is 0.481 e. The lowest BCUT2D eigenvalue weighted by Crippen LogP contribution is -2.17. The van der Waals surface area contributed by atoms with Gasteiger partial charge in [0, 0.05) is 33.7 Å². The molecule has 4 aromatic rings. The van der Waals surface area contributed by atoms with Gasteiger partial charge in [-0.15, -0.1) is 0 Å². The first-order valence-electron chi connectivity index (χ1n) is 10.3. The number of carboxylic acids is 1. The number of hydrogen-bond donors (Lipinski definition) is 1. The van der Waals surface area contributed by atoms with Gasteiger partial charge in [0.05, 0.1) is 23.6 Å². The second kappa shape index (κ2) is 7.27. The average molecular weight is 405 g/mol. The van der Waals surface area contributed by atoms with E-state index < -0.39 is 11.9 Å². The Morgan fingerprint density at radius 2 is 2.00 bits per heavy atom. The summed E-state index contributed by atoms with van der Waals surface area (Å²) in [5.41, 5.74) is 5.43. The fraction of sp³-hybridized carbons (Fsp3) is 0.375. The number of rotatable bonds is 5. The number of benzene rings is 1. The zero-order chi connectivity index (χ0) is 21.6. The van der Waals surface area contributed by atoms with E-state index in [9.17, 15) is 9.90 Å². The van der Waals surface area contributed by atoms with Crippen LogP contribution in [0.15, 0.2) is 41.0 Å². The lowest BCUT2D eigenvalue weighted by atomic mass is 9.89. The summed E-state index contributed by atoms with van der Waals surface area (Å²) in [6.07, 6.45) is 2.96. The maximum absolute atomic E-state index is 12.2. The minimum Gasteiger partial charge on any atom is -0.481 e. The predicted octanol–water partition coefficient (Wildman–Crippen LogP) is 5.72. The van der Waals surface area contributed by atoms with E-state index in [1.807, 2.05) is 48.7 Å². The second-order valence-electron chi connectivity index (χ2n) is 8.86. The van der Waals surface area contributed by atoms with Crippen molar-refractivity contribution in [2.75, 3.05) is 0 Å². The van der Waals surface area contributed by atoms with Crippen LogP contribution in [-0.4, -0.2) is 25.7 Å². The molecular formula is C24H27N3O3. The van der Waals surface area contributed by atoms with Gasteiger partial charge in [0.25, 0.3) is 0 Å². The van der Waals surface area contributed by atoms with E-state index >= 15 is 0 Å². The highest BCUT2D eigenvalue weighted by Gasteiger charge is 2.29. The fourth-order valence-electron chi connectivity index (χ4n) is 3.99. The second-order valence-corrected chi connectivity index (χ2v) is 8.86. The van der Waals surface area contributed by atoms with E-state index in [0.717, 1.165) is 51.2 Å². The van der Waals surface area contributed by atoms with Crippen molar-refractivity contribution < 1.29 is 14.3 Å². The zero-order valence-corrected chi connectivity index (χ0v) is 18.1. The fourth-order valence-corrected chi connectivity index (χ4v) is 3.99. The molecule has 6 heteroatoms. The Morgan fingerprint density at radius 3 is 2.67 bits per heavy atom. The van der Waals surface area contributed by atoms with Gasteiger partial charge in [0.2, 0.25) is 0 Å². The molecule has 0 saturated carbocycles. The Kier molecular flexibility index (Phi) is 4.88. The maximum Gasteiger partial charge on any atom is 0.311 e. The Hall–Kier alpha value is -3.15. The van der Waals surface area contributed by atoms with Crippen molar-refractivity contribution in [3.8, 4) is 11.3 Å². The minimum atomic E-state index is -0.838. The first-order chi connectivity index (χ1) is 14.2. The summed E-state index contributed by atoms with van der Waals surface area (Å²) in [6, 6.07) is 9.81. The van der Waals surface area contributed by atoms with Crippen LogP contribution in [0.4, 0.5) is 0 Å². The van der Waals surface area contributed by atoms with Gasteiger partial charge in [-0.25, -0.2) is 9.50 Å². The summed E-state index contributed by atoms with van der Waals surface area (Å²) >= 11 is 0. The highest BCUT2D eigenvalue weighted by molar-refractivity contribution is 5.86. The lowest BCUT2D eigenvalue weighted by Gasteiger charge is -2.20. The molecule has 1 unspecified atom stereocenters. The van der Waals surface area contributed by atoms with Crippen LogP contribution in [0.5, 0.6) is 0 Å². The Bertz CT molecular complexity index is 1240. The molecule has 0 saturated heterocycles. The molecule has 1 atom stereocenters. The Balaban J connectivity index is 2.09. The number of nitrogens with zero attached hydrogens (tertiary/aromatic N) is 3. The number of aryl methyl sites for hydroxylation is 1. The van der Waals surface area contributed by atoms with Gasteiger partial charge < -0.3 is 9.52 Å². The van der Waals surface area contributed by atoms with Crippen LogP contribution in [0.1, 0.15) is 63.4 Å². The Labute approximate surface area is 175 Å². The molecule has 3 heterocycles. The van der Waals surface area contributed by atoms with E-state index in [0.29, 0.717) is 6.42 Å². The van der Waals surface area contributed by atoms with E-state index in [1.54, 1.807) is 6.26 Å². The van der Waals surface area contributed by atoms with Crippen LogP contribution >= 0.6 is 0 Å². The smallest absolute Gasteiger partial charge is 0.311 e. The van der Waals surface area contributed by atoms with Crippen LogP contribution in [0, 0.1) is 6.92 Å². The monoisotopic (exact) mass is 405 g/mol. The molecule has 0 aliphatic heterocycles. The molecule has 30 heavy (non-hydrogen) atoms. The third-order valence-corrected chi connectivity index (χ3v) is 5.55. The van der Waals surface area contributed by atoms with Crippen LogP contribution < -0.4 is 0 Å². The van der Waals surface area contributed by atoms with E-state index in [2.05, 4.69) is 20.8 Å². The van der Waals surface area contributed by atoms with Gasteiger partial charge in [-0.05, 0) is 37.6 Å². The van der Waals surface area contributed by atoms with Gasteiger partial charge in [-0.1, -0.05) is 34.1 Å². The molecule has 0 fully saturated rings. The SMILES string of the molecule is CCCC(C(=O)O)c1c(C)nc2cc(C(C)(C)C)nn2c1-c1ccc2occc2c1. The number of hydrogen-bond acceptors (Lipinski definition) is 4. The molecule has 4 rings (SSSR count). The molecule has 156 valence electrons. The van der Waals surface area contributed by atoms with Crippen molar-refractivity contribution >= 4 is 22.6 Å². The number of carboxylic acid groups (broad SMARTS) is 1. The lowest BCUT2D eigenvalue weighted by molar-refractivity contribution is -0.139. The van der Waals surface area contributed by atoms with Crippen molar-refractivity contribution in [1.29, 1.82) is 0 Å². The third kappa shape index (κ3) is 3.36. The highest BCUT2D eigenvalue weighted by atomic mass is 16.4. The van der Waals surface area contributed by atoms with Crippen molar-refractivity contribution in [2.24, 2.45) is 0 Å². The highest BCUT2D eigenvalue weighted by Crippen LogP contribution is 2.36. The van der Waals surface area contributed by atoms with Crippen molar-refractivity contribution in [3.05, 3.63) is 53.5 Å². The molecule has 3 aromatic heterocycles. The maximum atomic E-state index is 12.2. The summed E-state index contributed by atoms with van der Waals surface area (Å²) in [5, 5.41) is 15.9. The number of carbonyl (C=O) groups is 1. The standard InChI is InChI=1S/C24H27N3O3/c1-6-7-17(23(28)29)21-14(2)25-20-13-19(24(3,4)5)26-27(20)22(21)16-8-9-18-15(12-16)10-11-30-18/h8-13,17H,6-7H2,1-5H3,(H,28,29). The minimum absolute atomic E-state index is 0.150. The summed E-state index contributed by atoms with van der Waals surface area (Å²) in [6.45, 7) is 10.2. The predicted molar refractivity (Wildman–Crippen MR) is 117 cm³/mol. The van der Waals surface area contributed by atoms with Crippen LogP contribution in [0.25, 0.3) is 27.9 Å². The molecule has 0 spiro atoms. The number of aliphatic carboxylic acids is 1. The normalized spacial score (nSPS) is 13.2. The molecule has 0 radical (unpaired) electrons. The molecular weight excluding hydrogens is 378 g/mol. The molecule has 0 amide bonds.